The number of nitrogens with zero attached hydrogens (tertiary/aromatic N) is 1. The van der Waals surface area contributed by atoms with E-state index in [4.69, 9.17) is 11.5 Å². The van der Waals surface area contributed by atoms with E-state index in [1.54, 1.807) is 12.1 Å². The molecule has 1 aromatic carbocycles. The van der Waals surface area contributed by atoms with Crippen molar-refractivity contribution in [1.82, 2.24) is 0 Å². The predicted octanol–water partition coefficient (Wildman–Crippen LogP) is 0.543. The third-order valence-electron chi connectivity index (χ3n) is 5.29. The van der Waals surface area contributed by atoms with Crippen LogP contribution in [0.5, 0.6) is 0 Å². The lowest BCUT2D eigenvalue weighted by atomic mass is 9.61. The average molecular weight is 361 g/mol. The van der Waals surface area contributed by atoms with Crippen molar-refractivity contribution < 1.29 is 19.5 Å². The first-order valence-corrected chi connectivity index (χ1v) is 8.82. The summed E-state index contributed by atoms with van der Waals surface area (Å²) in [5, 5.41) is 10.6. The number of primary amides is 2. The highest BCUT2D eigenvalue weighted by Crippen LogP contribution is 2.45. The normalized spacial score (nSPS) is 28.6. The Morgan fingerprint density at radius 2 is 1.69 bits per heavy atom. The molecule has 2 rings (SSSR count). The highest BCUT2D eigenvalue weighted by atomic mass is 16.3. The molecule has 4 atom stereocenters. The highest BCUT2D eigenvalue weighted by Gasteiger charge is 2.54. The van der Waals surface area contributed by atoms with E-state index in [2.05, 4.69) is 4.90 Å². The number of rotatable bonds is 6. The summed E-state index contributed by atoms with van der Waals surface area (Å²) in [6.45, 7) is 7.15. The van der Waals surface area contributed by atoms with Crippen LogP contribution in [-0.4, -0.2) is 41.4 Å². The first-order valence-electron chi connectivity index (χ1n) is 8.82. The number of Topliss-reactive ketones (excluding diaryl/α,β-unsaturated/α-hetero) is 1. The molecule has 1 aromatic rings. The van der Waals surface area contributed by atoms with Gasteiger partial charge in [-0.15, -0.1) is 0 Å². The number of carbonyl (C=O) groups excluding carboxylic acids is 3. The van der Waals surface area contributed by atoms with Crippen LogP contribution in [0.3, 0.4) is 0 Å². The maximum atomic E-state index is 12.4. The topological polar surface area (TPSA) is 127 Å². The molecular weight excluding hydrogens is 334 g/mol. The summed E-state index contributed by atoms with van der Waals surface area (Å²) in [5.74, 6) is -5.20. The van der Waals surface area contributed by atoms with Crippen molar-refractivity contribution in [2.24, 2.45) is 23.3 Å². The van der Waals surface area contributed by atoms with E-state index in [1.165, 1.54) is 6.92 Å². The summed E-state index contributed by atoms with van der Waals surface area (Å²) in [4.78, 5) is 38.6. The van der Waals surface area contributed by atoms with Crippen LogP contribution in [0.25, 0.3) is 0 Å². The number of nitrogens with two attached hydrogens (primary N) is 2. The van der Waals surface area contributed by atoms with E-state index < -0.39 is 41.0 Å². The Bertz CT molecular complexity index is 695. The van der Waals surface area contributed by atoms with Crippen molar-refractivity contribution in [3.8, 4) is 0 Å². The molecule has 26 heavy (non-hydrogen) atoms. The van der Waals surface area contributed by atoms with Crippen molar-refractivity contribution >= 4 is 23.3 Å². The lowest BCUT2D eigenvalue weighted by Crippen LogP contribution is -2.57. The van der Waals surface area contributed by atoms with E-state index in [-0.39, 0.29) is 6.42 Å². The molecule has 4 unspecified atom stereocenters. The van der Waals surface area contributed by atoms with E-state index in [9.17, 15) is 19.5 Å². The molecular formula is C19H27N3O4. The standard InChI is InChI=1S/C19H27N3O4/c1-4-22(5-2)12-8-6-11(7-9-12)14-15(17(20)24)13(23)10-19(3,26)16(14)18(21)25/h6-9,14-16,26H,4-5,10H2,1-3H3,(H2,20,24)(H2,21,25). The number of aliphatic hydroxyl groups is 1. The second kappa shape index (κ2) is 7.45. The molecule has 0 saturated heterocycles. The summed E-state index contributed by atoms with van der Waals surface area (Å²) >= 11 is 0. The van der Waals surface area contributed by atoms with Gasteiger partial charge in [0.05, 0.1) is 11.5 Å². The van der Waals surface area contributed by atoms with Crippen LogP contribution in [0.15, 0.2) is 24.3 Å². The molecule has 1 aliphatic rings. The van der Waals surface area contributed by atoms with Crippen LogP contribution in [0.4, 0.5) is 5.69 Å². The van der Waals surface area contributed by atoms with E-state index in [0.29, 0.717) is 5.56 Å². The van der Waals surface area contributed by atoms with Crippen molar-refractivity contribution in [2.75, 3.05) is 18.0 Å². The molecule has 1 saturated carbocycles. The quantitative estimate of drug-likeness (QED) is 0.638. The second-order valence-corrected chi connectivity index (χ2v) is 7.05. The molecule has 7 heteroatoms. The fourth-order valence-electron chi connectivity index (χ4n) is 4.05. The van der Waals surface area contributed by atoms with Crippen LogP contribution in [-0.2, 0) is 14.4 Å². The molecule has 0 spiro atoms. The van der Waals surface area contributed by atoms with Gasteiger partial charge in [0.15, 0.2) is 0 Å². The first kappa shape index (κ1) is 19.9. The minimum absolute atomic E-state index is 0.331. The number of carbonyl (C=O) groups is 3. The fourth-order valence-corrected chi connectivity index (χ4v) is 4.05. The maximum absolute atomic E-state index is 12.4. The maximum Gasteiger partial charge on any atom is 0.228 e. The monoisotopic (exact) mass is 361 g/mol. The zero-order valence-electron chi connectivity index (χ0n) is 15.4. The molecule has 0 aliphatic heterocycles. The minimum atomic E-state index is -1.63. The van der Waals surface area contributed by atoms with Gasteiger partial charge in [0.2, 0.25) is 11.8 Å². The number of hydrogen-bond donors (Lipinski definition) is 3. The van der Waals surface area contributed by atoms with Crippen LogP contribution in [0.1, 0.15) is 38.7 Å². The Hall–Kier alpha value is -2.41. The van der Waals surface area contributed by atoms with Crippen molar-refractivity contribution in [2.45, 2.75) is 38.7 Å². The van der Waals surface area contributed by atoms with Gasteiger partial charge in [-0.25, -0.2) is 0 Å². The number of hydrogen-bond acceptors (Lipinski definition) is 5. The Kier molecular flexibility index (Phi) is 5.71. The molecule has 0 bridgehead atoms. The van der Waals surface area contributed by atoms with Crippen LogP contribution < -0.4 is 16.4 Å². The number of ketones is 1. The van der Waals surface area contributed by atoms with Gasteiger partial charge in [0.1, 0.15) is 11.7 Å². The van der Waals surface area contributed by atoms with Crippen LogP contribution in [0.2, 0.25) is 0 Å². The molecule has 142 valence electrons. The molecule has 1 aliphatic carbocycles. The summed E-state index contributed by atoms with van der Waals surface area (Å²) in [7, 11) is 0. The Morgan fingerprint density at radius 1 is 1.15 bits per heavy atom. The highest BCUT2D eigenvalue weighted by molar-refractivity contribution is 6.04. The second-order valence-electron chi connectivity index (χ2n) is 7.05. The zero-order chi connectivity index (χ0) is 19.6. The average Bonchev–Trinajstić information content (AvgIpc) is 2.54. The van der Waals surface area contributed by atoms with Crippen molar-refractivity contribution in [3.63, 3.8) is 0 Å². The molecule has 2 amide bonds. The van der Waals surface area contributed by atoms with Crippen molar-refractivity contribution in [1.29, 1.82) is 0 Å². The number of amides is 2. The molecule has 0 aromatic heterocycles. The molecule has 0 radical (unpaired) electrons. The van der Waals surface area contributed by atoms with Gasteiger partial charge in [0.25, 0.3) is 0 Å². The predicted molar refractivity (Wildman–Crippen MR) is 98.4 cm³/mol. The van der Waals surface area contributed by atoms with Gasteiger partial charge < -0.3 is 21.5 Å². The summed E-state index contributed by atoms with van der Waals surface area (Å²) in [6, 6.07) is 7.26. The van der Waals surface area contributed by atoms with Crippen LogP contribution >= 0.6 is 0 Å². The van der Waals surface area contributed by atoms with Gasteiger partial charge in [0, 0.05) is 31.1 Å². The number of anilines is 1. The smallest absolute Gasteiger partial charge is 0.228 e. The summed E-state index contributed by atoms with van der Waals surface area (Å²) in [5.41, 5.74) is 10.9. The Morgan fingerprint density at radius 3 is 2.12 bits per heavy atom. The lowest BCUT2D eigenvalue weighted by Gasteiger charge is -2.43. The Labute approximate surface area is 153 Å². The molecule has 5 N–H and O–H groups in total. The van der Waals surface area contributed by atoms with E-state index >= 15 is 0 Å². The van der Waals surface area contributed by atoms with Gasteiger partial charge in [-0.1, -0.05) is 12.1 Å². The van der Waals surface area contributed by atoms with Gasteiger partial charge in [-0.3, -0.25) is 14.4 Å². The van der Waals surface area contributed by atoms with Crippen molar-refractivity contribution in [3.05, 3.63) is 29.8 Å². The minimum Gasteiger partial charge on any atom is -0.389 e. The van der Waals surface area contributed by atoms with E-state index in [1.807, 2.05) is 26.0 Å². The van der Waals surface area contributed by atoms with E-state index in [0.717, 1.165) is 18.8 Å². The Balaban J connectivity index is 2.53. The van der Waals surface area contributed by atoms with Gasteiger partial charge in [-0.2, -0.15) is 0 Å². The van der Waals surface area contributed by atoms with Crippen LogP contribution in [0, 0.1) is 11.8 Å². The summed E-state index contributed by atoms with van der Waals surface area (Å²) in [6.07, 6.45) is -0.331. The zero-order valence-corrected chi connectivity index (χ0v) is 15.4. The number of benzene rings is 1. The third-order valence-corrected chi connectivity index (χ3v) is 5.29. The molecule has 7 nitrogen and oxygen atoms in total. The van der Waals surface area contributed by atoms with Gasteiger partial charge >= 0.3 is 0 Å². The lowest BCUT2D eigenvalue weighted by molar-refractivity contribution is -0.152. The third kappa shape index (κ3) is 3.58. The fraction of sp³-hybridized carbons (Fsp3) is 0.526. The molecule has 0 heterocycles. The first-order chi connectivity index (χ1) is 12.1. The largest absolute Gasteiger partial charge is 0.389 e. The molecule has 1 fully saturated rings. The summed E-state index contributed by atoms with van der Waals surface area (Å²) < 4.78 is 0. The SMILES string of the molecule is CCN(CC)c1ccc(C2C(C(N)=O)C(=O)CC(C)(O)C2C(N)=O)cc1. The van der Waals surface area contributed by atoms with Gasteiger partial charge in [-0.05, 0) is 38.5 Å².